The van der Waals surface area contributed by atoms with Crippen LogP contribution in [0.5, 0.6) is 0 Å². The Morgan fingerprint density at radius 3 is 2.82 bits per heavy atom. The molecule has 1 amide bonds. The molecular formula is C20H19N5O3. The van der Waals surface area contributed by atoms with Gasteiger partial charge in [-0.1, -0.05) is 17.3 Å². The monoisotopic (exact) mass is 377 g/mol. The van der Waals surface area contributed by atoms with E-state index in [0.29, 0.717) is 17.2 Å². The molecule has 3 aromatic heterocycles. The first-order valence-corrected chi connectivity index (χ1v) is 9.30. The highest BCUT2D eigenvalue weighted by molar-refractivity contribution is 6.05. The maximum absolute atomic E-state index is 12.5. The van der Waals surface area contributed by atoms with E-state index in [-0.39, 0.29) is 11.8 Å². The molecule has 0 unspecified atom stereocenters. The van der Waals surface area contributed by atoms with Crippen LogP contribution in [-0.4, -0.2) is 34.1 Å². The van der Waals surface area contributed by atoms with Gasteiger partial charge in [-0.05, 0) is 31.9 Å². The molecular weight excluding hydrogens is 358 g/mol. The van der Waals surface area contributed by atoms with E-state index in [4.69, 9.17) is 8.94 Å². The number of hydrogen-bond donors (Lipinski definition) is 1. The van der Waals surface area contributed by atoms with Crippen molar-refractivity contribution in [2.45, 2.75) is 19.8 Å². The summed E-state index contributed by atoms with van der Waals surface area (Å²) in [6.07, 6.45) is 3.04. The molecule has 0 aliphatic carbocycles. The van der Waals surface area contributed by atoms with Crippen LogP contribution in [0.1, 0.15) is 18.6 Å². The molecule has 1 saturated heterocycles. The second-order valence-corrected chi connectivity index (χ2v) is 7.05. The maximum Gasteiger partial charge on any atom is 0.228 e. The zero-order valence-corrected chi connectivity index (χ0v) is 15.4. The largest absolute Gasteiger partial charge is 0.450 e. The minimum absolute atomic E-state index is 0.0236. The molecule has 8 heteroatoms. The summed E-state index contributed by atoms with van der Waals surface area (Å²) in [5.74, 6) is 1.83. The normalized spacial score (nSPS) is 15.4. The van der Waals surface area contributed by atoms with Crippen molar-refractivity contribution in [2.24, 2.45) is 5.92 Å². The molecule has 1 aliphatic rings. The molecule has 142 valence electrons. The van der Waals surface area contributed by atoms with Gasteiger partial charge in [0.05, 0.1) is 0 Å². The summed E-state index contributed by atoms with van der Waals surface area (Å²) in [6.45, 7) is 3.24. The van der Waals surface area contributed by atoms with Crippen LogP contribution in [0.2, 0.25) is 0 Å². The van der Waals surface area contributed by atoms with Crippen molar-refractivity contribution in [3.63, 3.8) is 0 Å². The van der Waals surface area contributed by atoms with Gasteiger partial charge in [0.25, 0.3) is 0 Å². The van der Waals surface area contributed by atoms with E-state index in [9.17, 15) is 4.79 Å². The molecule has 4 aromatic rings. The summed E-state index contributed by atoms with van der Waals surface area (Å²) < 4.78 is 11.0. The maximum atomic E-state index is 12.5. The molecule has 1 fully saturated rings. The van der Waals surface area contributed by atoms with E-state index in [1.54, 1.807) is 19.3 Å². The average Bonchev–Trinajstić information content (AvgIpc) is 3.31. The number of hydrogen-bond acceptors (Lipinski definition) is 7. The number of anilines is 2. The summed E-state index contributed by atoms with van der Waals surface area (Å²) in [5.41, 5.74) is 2.32. The van der Waals surface area contributed by atoms with E-state index in [1.165, 1.54) is 0 Å². The van der Waals surface area contributed by atoms with Gasteiger partial charge in [0.1, 0.15) is 23.2 Å². The molecule has 28 heavy (non-hydrogen) atoms. The first kappa shape index (κ1) is 16.7. The minimum Gasteiger partial charge on any atom is -0.450 e. The number of carbonyl (C=O) groups excluding carboxylic acids is 1. The zero-order valence-electron chi connectivity index (χ0n) is 15.4. The van der Waals surface area contributed by atoms with E-state index in [0.717, 1.165) is 48.2 Å². The van der Waals surface area contributed by atoms with Gasteiger partial charge in [0.2, 0.25) is 5.91 Å². The Morgan fingerprint density at radius 2 is 2.04 bits per heavy atom. The number of nitrogens with zero attached hydrogens (tertiary/aromatic N) is 4. The van der Waals surface area contributed by atoms with Crippen LogP contribution in [0.3, 0.4) is 0 Å². The van der Waals surface area contributed by atoms with E-state index < -0.39 is 0 Å². The molecule has 1 aliphatic heterocycles. The Morgan fingerprint density at radius 1 is 1.21 bits per heavy atom. The topological polar surface area (TPSA) is 97.3 Å². The van der Waals surface area contributed by atoms with Crippen molar-refractivity contribution in [1.29, 1.82) is 0 Å². The lowest BCUT2D eigenvalue weighted by Crippen LogP contribution is -2.38. The Labute approximate surface area is 160 Å². The van der Waals surface area contributed by atoms with Crippen LogP contribution < -0.4 is 10.2 Å². The number of nitrogens with one attached hydrogen (secondary N) is 1. The van der Waals surface area contributed by atoms with Gasteiger partial charge in [-0.2, -0.15) is 0 Å². The molecule has 0 radical (unpaired) electrons. The summed E-state index contributed by atoms with van der Waals surface area (Å²) in [5, 5.41) is 7.63. The smallest absolute Gasteiger partial charge is 0.228 e. The quantitative estimate of drug-likeness (QED) is 0.583. The number of benzene rings is 1. The fourth-order valence-corrected chi connectivity index (χ4v) is 3.74. The lowest BCUT2D eigenvalue weighted by Gasteiger charge is -2.31. The summed E-state index contributed by atoms with van der Waals surface area (Å²) in [4.78, 5) is 23.5. The Hall–Kier alpha value is -3.42. The van der Waals surface area contributed by atoms with Crippen LogP contribution in [0.15, 0.2) is 45.6 Å². The van der Waals surface area contributed by atoms with Gasteiger partial charge in [-0.15, -0.1) is 0 Å². The SMILES string of the molecule is Cc1cc(NC(=O)C2CCN(c3ncnc4c3oc3ccccc34)CC2)no1. The lowest BCUT2D eigenvalue weighted by molar-refractivity contribution is -0.120. The van der Waals surface area contributed by atoms with Crippen molar-refractivity contribution in [1.82, 2.24) is 15.1 Å². The fraction of sp³-hybridized carbons (Fsp3) is 0.300. The van der Waals surface area contributed by atoms with Gasteiger partial charge in [-0.3, -0.25) is 4.79 Å². The highest BCUT2D eigenvalue weighted by Crippen LogP contribution is 2.33. The van der Waals surface area contributed by atoms with Gasteiger partial charge in [0, 0.05) is 30.5 Å². The molecule has 8 nitrogen and oxygen atoms in total. The van der Waals surface area contributed by atoms with Crippen LogP contribution >= 0.6 is 0 Å². The van der Waals surface area contributed by atoms with E-state index in [1.807, 2.05) is 24.3 Å². The molecule has 1 aromatic carbocycles. The van der Waals surface area contributed by atoms with Crippen LogP contribution in [-0.2, 0) is 4.79 Å². The van der Waals surface area contributed by atoms with Crippen molar-refractivity contribution in [2.75, 3.05) is 23.3 Å². The van der Waals surface area contributed by atoms with Gasteiger partial charge >= 0.3 is 0 Å². The molecule has 5 rings (SSSR count). The number of aryl methyl sites for hydroxylation is 1. The number of piperidine rings is 1. The van der Waals surface area contributed by atoms with Gasteiger partial charge < -0.3 is 19.2 Å². The zero-order chi connectivity index (χ0) is 19.1. The number of carbonyl (C=O) groups is 1. The van der Waals surface area contributed by atoms with Crippen molar-refractivity contribution < 1.29 is 13.7 Å². The van der Waals surface area contributed by atoms with Crippen LogP contribution in [0.4, 0.5) is 11.6 Å². The van der Waals surface area contributed by atoms with Crippen molar-refractivity contribution >= 4 is 39.6 Å². The number of rotatable bonds is 3. The lowest BCUT2D eigenvalue weighted by atomic mass is 9.96. The molecule has 0 saturated carbocycles. The molecule has 0 spiro atoms. The third-order valence-corrected chi connectivity index (χ3v) is 5.18. The Bertz CT molecular complexity index is 1160. The van der Waals surface area contributed by atoms with Crippen molar-refractivity contribution in [3.05, 3.63) is 42.4 Å². The van der Waals surface area contributed by atoms with E-state index in [2.05, 4.69) is 25.3 Å². The number of amides is 1. The second kappa shape index (κ2) is 6.63. The first-order chi connectivity index (χ1) is 13.7. The average molecular weight is 377 g/mol. The Kier molecular flexibility index (Phi) is 3.96. The highest BCUT2D eigenvalue weighted by atomic mass is 16.5. The van der Waals surface area contributed by atoms with E-state index >= 15 is 0 Å². The standard InChI is InChI=1S/C20H19N5O3/c1-12-10-16(24-28-12)23-20(26)13-6-8-25(9-7-13)19-18-17(21-11-22-19)14-4-2-3-5-15(14)27-18/h2-5,10-11,13H,6-9H2,1H3,(H,23,24,26). The van der Waals surface area contributed by atoms with Gasteiger partial charge in [-0.25, -0.2) is 9.97 Å². The number of aromatic nitrogens is 3. The summed E-state index contributed by atoms with van der Waals surface area (Å²) in [7, 11) is 0. The second-order valence-electron chi connectivity index (χ2n) is 7.05. The number of para-hydroxylation sites is 1. The first-order valence-electron chi connectivity index (χ1n) is 9.30. The number of fused-ring (bicyclic) bond motifs is 3. The van der Waals surface area contributed by atoms with Gasteiger partial charge in [0.15, 0.2) is 17.2 Å². The third-order valence-electron chi connectivity index (χ3n) is 5.18. The predicted molar refractivity (Wildman–Crippen MR) is 104 cm³/mol. The fourth-order valence-electron chi connectivity index (χ4n) is 3.74. The minimum atomic E-state index is -0.0683. The molecule has 0 atom stereocenters. The van der Waals surface area contributed by atoms with Crippen LogP contribution in [0.25, 0.3) is 22.1 Å². The number of furan rings is 1. The summed E-state index contributed by atoms with van der Waals surface area (Å²) in [6, 6.07) is 9.56. The Balaban J connectivity index is 1.33. The molecule has 4 heterocycles. The predicted octanol–water partition coefficient (Wildman–Crippen LogP) is 3.53. The summed E-state index contributed by atoms with van der Waals surface area (Å²) >= 11 is 0. The third kappa shape index (κ3) is 2.87. The van der Waals surface area contributed by atoms with Crippen molar-refractivity contribution in [3.8, 4) is 0 Å². The van der Waals surface area contributed by atoms with Crippen LogP contribution in [0, 0.1) is 12.8 Å². The molecule has 1 N–H and O–H groups in total. The highest BCUT2D eigenvalue weighted by Gasteiger charge is 2.28. The molecule has 0 bridgehead atoms.